The Labute approximate surface area is 106 Å². The molecule has 0 unspecified atom stereocenters. The van der Waals surface area contributed by atoms with Gasteiger partial charge in [-0.3, -0.25) is 0 Å². The number of hydrogen-bond acceptors (Lipinski definition) is 3. The number of hydrogen-bond donors (Lipinski definition) is 1. The van der Waals surface area contributed by atoms with Crippen LogP contribution in [-0.2, 0) is 15.0 Å². The zero-order chi connectivity index (χ0) is 13.8. The predicted octanol–water partition coefficient (Wildman–Crippen LogP) is 2.53. The van der Waals surface area contributed by atoms with Gasteiger partial charge in [-0.25, -0.2) is 9.59 Å². The van der Waals surface area contributed by atoms with Crippen LogP contribution in [0.3, 0.4) is 0 Å². The van der Waals surface area contributed by atoms with Crippen LogP contribution in [0.15, 0.2) is 36.4 Å². The molecule has 1 rings (SSSR count). The van der Waals surface area contributed by atoms with Gasteiger partial charge in [0.2, 0.25) is 0 Å². The maximum absolute atomic E-state index is 11.4. The second-order valence-electron chi connectivity index (χ2n) is 4.84. The Morgan fingerprint density at radius 3 is 2.33 bits per heavy atom. The van der Waals surface area contributed by atoms with E-state index in [-0.39, 0.29) is 5.41 Å². The molecule has 0 atom stereocenters. The third-order valence-electron chi connectivity index (χ3n) is 2.27. The predicted molar refractivity (Wildman–Crippen MR) is 67.6 cm³/mol. The molecule has 4 nitrogen and oxygen atoms in total. The van der Waals surface area contributed by atoms with Gasteiger partial charge in [-0.15, -0.1) is 0 Å². The van der Waals surface area contributed by atoms with Crippen molar-refractivity contribution in [1.82, 2.24) is 0 Å². The van der Waals surface area contributed by atoms with Crippen molar-refractivity contribution >= 4 is 11.9 Å². The summed E-state index contributed by atoms with van der Waals surface area (Å²) < 4.78 is 5.13. The molecule has 1 N–H and O–H groups in total. The van der Waals surface area contributed by atoms with Crippen molar-refractivity contribution in [2.75, 3.05) is 0 Å². The molecule has 0 saturated heterocycles. The number of carbonyl (C=O) groups is 2. The first-order valence-corrected chi connectivity index (χ1v) is 5.53. The fourth-order valence-corrected chi connectivity index (χ4v) is 1.46. The van der Waals surface area contributed by atoms with Crippen LogP contribution < -0.4 is 4.74 Å². The highest BCUT2D eigenvalue weighted by atomic mass is 16.5. The van der Waals surface area contributed by atoms with Crippen LogP contribution in [0.2, 0.25) is 0 Å². The highest BCUT2D eigenvalue weighted by Crippen LogP contribution is 2.30. The molecule has 0 saturated carbocycles. The molecule has 0 fully saturated rings. The molecule has 0 spiro atoms. The van der Waals surface area contributed by atoms with Gasteiger partial charge in [0, 0.05) is 17.7 Å². The zero-order valence-corrected chi connectivity index (χ0v) is 10.6. The minimum Gasteiger partial charge on any atom is -0.478 e. The fraction of sp³-hybridized carbons (Fsp3) is 0.286. The summed E-state index contributed by atoms with van der Waals surface area (Å²) in [5.74, 6) is -1.44. The Bertz CT molecular complexity index is 481. The quantitative estimate of drug-likeness (QED) is 0.507. The number of carboxylic acids is 1. The standard InChI is InChI=1S/C14H16O4/c1-14(2,3)10-6-4-5-7-11(10)18-13(17)9-8-12(15)16/h4-9H,1-3H3,(H,15,16)/b9-8-. The molecule has 4 heteroatoms. The lowest BCUT2D eigenvalue weighted by Gasteiger charge is -2.21. The van der Waals surface area contributed by atoms with Crippen LogP contribution >= 0.6 is 0 Å². The molecule has 0 bridgehead atoms. The summed E-state index contributed by atoms with van der Waals surface area (Å²) in [6.45, 7) is 6.02. The topological polar surface area (TPSA) is 63.6 Å². The Hall–Kier alpha value is -2.10. The molecule has 0 heterocycles. The van der Waals surface area contributed by atoms with Crippen molar-refractivity contribution in [3.63, 3.8) is 0 Å². The van der Waals surface area contributed by atoms with Gasteiger partial charge in [-0.05, 0) is 11.5 Å². The maximum atomic E-state index is 11.4. The van der Waals surface area contributed by atoms with E-state index in [4.69, 9.17) is 9.84 Å². The first kappa shape index (κ1) is 14.0. The monoisotopic (exact) mass is 248 g/mol. The average molecular weight is 248 g/mol. The Balaban J connectivity index is 2.92. The third-order valence-corrected chi connectivity index (χ3v) is 2.27. The van der Waals surface area contributed by atoms with Gasteiger partial charge >= 0.3 is 11.9 Å². The van der Waals surface area contributed by atoms with Crippen molar-refractivity contribution in [2.24, 2.45) is 0 Å². The van der Waals surface area contributed by atoms with Crippen molar-refractivity contribution in [1.29, 1.82) is 0 Å². The number of rotatable bonds is 3. The van der Waals surface area contributed by atoms with Gasteiger partial charge in [0.1, 0.15) is 5.75 Å². The zero-order valence-electron chi connectivity index (χ0n) is 10.6. The number of benzene rings is 1. The molecular formula is C14H16O4. The summed E-state index contributed by atoms with van der Waals surface area (Å²) in [6, 6.07) is 7.19. The molecule has 18 heavy (non-hydrogen) atoms. The number of esters is 1. The SMILES string of the molecule is CC(C)(C)c1ccccc1OC(=O)/C=C\C(=O)O. The summed E-state index contributed by atoms with van der Waals surface area (Å²) in [5.41, 5.74) is 0.731. The normalized spacial score (nSPS) is 11.5. The van der Waals surface area contributed by atoms with E-state index in [0.717, 1.165) is 17.7 Å². The van der Waals surface area contributed by atoms with E-state index in [1.807, 2.05) is 32.9 Å². The first-order chi connectivity index (χ1) is 8.30. The van der Waals surface area contributed by atoms with Crippen LogP contribution in [0.4, 0.5) is 0 Å². The molecule has 1 aromatic rings. The lowest BCUT2D eigenvalue weighted by molar-refractivity contribution is -0.133. The van der Waals surface area contributed by atoms with Crippen LogP contribution in [-0.4, -0.2) is 17.0 Å². The van der Waals surface area contributed by atoms with Gasteiger partial charge < -0.3 is 9.84 Å². The van der Waals surface area contributed by atoms with E-state index < -0.39 is 11.9 Å². The van der Waals surface area contributed by atoms with E-state index in [0.29, 0.717) is 5.75 Å². The van der Waals surface area contributed by atoms with E-state index in [9.17, 15) is 9.59 Å². The summed E-state index contributed by atoms with van der Waals surface area (Å²) in [7, 11) is 0. The van der Waals surface area contributed by atoms with Gasteiger partial charge in [-0.2, -0.15) is 0 Å². The average Bonchev–Trinajstić information content (AvgIpc) is 2.25. The van der Waals surface area contributed by atoms with Crippen LogP contribution in [0.1, 0.15) is 26.3 Å². The minimum absolute atomic E-state index is 0.159. The van der Waals surface area contributed by atoms with E-state index in [1.165, 1.54) is 0 Å². The van der Waals surface area contributed by atoms with Gasteiger partial charge in [0.25, 0.3) is 0 Å². The molecule has 96 valence electrons. The molecule has 1 aromatic carbocycles. The molecule has 0 aliphatic heterocycles. The Kier molecular flexibility index (Phi) is 4.26. The number of carbonyl (C=O) groups excluding carboxylic acids is 1. The van der Waals surface area contributed by atoms with Crippen LogP contribution in [0.5, 0.6) is 5.75 Å². The summed E-state index contributed by atoms with van der Waals surface area (Å²) >= 11 is 0. The molecule has 0 radical (unpaired) electrons. The van der Waals surface area contributed by atoms with E-state index in [1.54, 1.807) is 12.1 Å². The number of aliphatic carboxylic acids is 1. The summed E-state index contributed by atoms with van der Waals surface area (Å²) in [4.78, 5) is 21.7. The van der Waals surface area contributed by atoms with Gasteiger partial charge in [-0.1, -0.05) is 39.0 Å². The van der Waals surface area contributed by atoms with Gasteiger partial charge in [0.15, 0.2) is 0 Å². The van der Waals surface area contributed by atoms with Crippen LogP contribution in [0, 0.1) is 0 Å². The molecule has 0 aliphatic carbocycles. The summed E-state index contributed by atoms with van der Waals surface area (Å²) in [6.07, 6.45) is 1.64. The third kappa shape index (κ3) is 4.05. The van der Waals surface area contributed by atoms with E-state index >= 15 is 0 Å². The second-order valence-corrected chi connectivity index (χ2v) is 4.84. The fourth-order valence-electron chi connectivity index (χ4n) is 1.46. The lowest BCUT2D eigenvalue weighted by Crippen LogP contribution is -2.15. The van der Waals surface area contributed by atoms with Crippen molar-refractivity contribution < 1.29 is 19.4 Å². The summed E-state index contributed by atoms with van der Waals surface area (Å²) in [5, 5.41) is 8.42. The highest BCUT2D eigenvalue weighted by Gasteiger charge is 2.19. The largest absolute Gasteiger partial charge is 0.478 e. The molecule has 0 aromatic heterocycles. The molecule has 0 aliphatic rings. The van der Waals surface area contributed by atoms with E-state index in [2.05, 4.69) is 0 Å². The Morgan fingerprint density at radius 1 is 1.17 bits per heavy atom. The molecule has 0 amide bonds. The van der Waals surface area contributed by atoms with Crippen molar-refractivity contribution in [3.05, 3.63) is 42.0 Å². The number of ether oxygens (including phenoxy) is 1. The van der Waals surface area contributed by atoms with Crippen LogP contribution in [0.25, 0.3) is 0 Å². The second kappa shape index (κ2) is 5.49. The smallest absolute Gasteiger partial charge is 0.336 e. The minimum atomic E-state index is -1.18. The number of para-hydroxylation sites is 1. The van der Waals surface area contributed by atoms with Crippen molar-refractivity contribution in [3.8, 4) is 5.75 Å². The van der Waals surface area contributed by atoms with Gasteiger partial charge in [0.05, 0.1) is 0 Å². The highest BCUT2D eigenvalue weighted by molar-refractivity contribution is 5.91. The lowest BCUT2D eigenvalue weighted by atomic mass is 9.86. The van der Waals surface area contributed by atoms with Crippen molar-refractivity contribution in [2.45, 2.75) is 26.2 Å². The molecular weight excluding hydrogens is 232 g/mol. The first-order valence-electron chi connectivity index (χ1n) is 5.53. The number of carboxylic acid groups (broad SMARTS) is 1. The Morgan fingerprint density at radius 2 is 1.78 bits per heavy atom. The maximum Gasteiger partial charge on any atom is 0.336 e.